The molecule has 0 spiro atoms. The Morgan fingerprint density at radius 2 is 2.29 bits per heavy atom. The maximum Gasteiger partial charge on any atom is 0.388 e. The highest BCUT2D eigenvalue weighted by Crippen LogP contribution is 2.12. The molecule has 1 heterocycles. The Hall–Kier alpha value is -1.12. The molecule has 0 aliphatic heterocycles. The summed E-state index contributed by atoms with van der Waals surface area (Å²) in [5.74, 6) is 5.39. The van der Waals surface area contributed by atoms with Gasteiger partial charge in [0, 0.05) is 0 Å². The lowest BCUT2D eigenvalue weighted by Gasteiger charge is -1.96. The molecular formula is C5H10ClF2N5O. The highest BCUT2D eigenvalue weighted by molar-refractivity contribution is 5.30. The summed E-state index contributed by atoms with van der Waals surface area (Å²) in [6.45, 7) is -2.85. The van der Waals surface area contributed by atoms with E-state index in [2.05, 4.69) is 20.8 Å². The van der Waals surface area contributed by atoms with Crippen LogP contribution in [0.25, 0.3) is 0 Å². The number of aromatic amines is 1. The molecule has 0 aromatic carbocycles. The summed E-state index contributed by atoms with van der Waals surface area (Å²) >= 11 is 0. The number of ether oxygens (including phenoxy) is 1. The second-order valence-corrected chi connectivity index (χ2v) is 2.21. The predicted molar refractivity (Wildman–Crippen MR) is 39.5 cm³/mol. The first-order chi connectivity index (χ1) is 6.13. The van der Waals surface area contributed by atoms with E-state index >= 15 is 0 Å². The van der Waals surface area contributed by atoms with E-state index in [1.807, 2.05) is 0 Å². The first-order valence-corrected chi connectivity index (χ1v) is 3.39. The predicted octanol–water partition coefficient (Wildman–Crippen LogP) is -3.77. The van der Waals surface area contributed by atoms with Crippen molar-refractivity contribution >= 4 is 5.82 Å². The van der Waals surface area contributed by atoms with Crippen molar-refractivity contribution in [3.05, 3.63) is 6.07 Å². The van der Waals surface area contributed by atoms with E-state index < -0.39 is 6.61 Å². The summed E-state index contributed by atoms with van der Waals surface area (Å²) in [6.07, 6.45) is 0. The maximum atomic E-state index is 11.7. The summed E-state index contributed by atoms with van der Waals surface area (Å²) in [5.41, 5.74) is 4.66. The topological polar surface area (TPSA) is 79.0 Å². The normalized spacial score (nSPS) is 9.79. The van der Waals surface area contributed by atoms with Crippen LogP contribution in [0.5, 0.6) is 5.88 Å². The Kier molecular flexibility index (Phi) is 5.13. The molecule has 0 bridgehead atoms. The van der Waals surface area contributed by atoms with Crippen molar-refractivity contribution in [3.63, 3.8) is 0 Å². The van der Waals surface area contributed by atoms with E-state index in [9.17, 15) is 8.78 Å². The highest BCUT2D eigenvalue weighted by atomic mass is 35.5. The van der Waals surface area contributed by atoms with Crippen LogP contribution >= 0.6 is 0 Å². The lowest BCUT2D eigenvalue weighted by Crippen LogP contribution is -3.00. The molecule has 1 aromatic rings. The summed E-state index contributed by atoms with van der Waals surface area (Å²) in [7, 11) is 1.61. The van der Waals surface area contributed by atoms with Gasteiger partial charge in [0.15, 0.2) is 0 Å². The quantitative estimate of drug-likeness (QED) is 0.243. The van der Waals surface area contributed by atoms with E-state index in [4.69, 9.17) is 5.84 Å². The smallest absolute Gasteiger partial charge is 0.388 e. The Morgan fingerprint density at radius 1 is 1.64 bits per heavy atom. The standard InChI is InChI=1S/C5H9F2N5O.ClH/c1-12-3(9-11-8)2-4(10-12)13-5(6)7;/h2,5,11H,8H2,1H3,(H,9,10);1H. The zero-order chi connectivity index (χ0) is 9.84. The van der Waals surface area contributed by atoms with Crippen molar-refractivity contribution in [2.24, 2.45) is 12.9 Å². The van der Waals surface area contributed by atoms with Gasteiger partial charge in [0.05, 0.1) is 6.07 Å². The number of H-pyrrole nitrogens is 1. The minimum absolute atomic E-state index is 0. The molecule has 1 aromatic heterocycles. The monoisotopic (exact) mass is 229 g/mol. The van der Waals surface area contributed by atoms with E-state index in [1.165, 1.54) is 10.7 Å². The summed E-state index contributed by atoms with van der Waals surface area (Å²) in [6, 6.07) is 1.34. The summed E-state index contributed by atoms with van der Waals surface area (Å²) in [4.78, 5) is 0. The average Bonchev–Trinajstić information content (AvgIpc) is 2.31. The van der Waals surface area contributed by atoms with E-state index in [-0.39, 0.29) is 18.3 Å². The van der Waals surface area contributed by atoms with Gasteiger partial charge in [-0.15, -0.1) is 0 Å². The number of nitrogens with one attached hydrogen (secondary N) is 3. The second-order valence-electron chi connectivity index (χ2n) is 2.21. The lowest BCUT2D eigenvalue weighted by atomic mass is 10.6. The molecule has 0 amide bonds. The van der Waals surface area contributed by atoms with Crippen molar-refractivity contribution in [3.8, 4) is 5.88 Å². The number of hydrazine groups is 2. The molecule has 0 aliphatic carbocycles. The van der Waals surface area contributed by atoms with Crippen molar-refractivity contribution in [1.82, 2.24) is 10.6 Å². The first kappa shape index (κ1) is 12.9. The molecule has 1 rings (SSSR count). The number of halogens is 3. The molecule has 5 N–H and O–H groups in total. The third-order valence-corrected chi connectivity index (χ3v) is 1.32. The second kappa shape index (κ2) is 5.58. The van der Waals surface area contributed by atoms with Crippen LogP contribution in [0, 0.1) is 0 Å². The number of rotatable bonds is 4. The zero-order valence-electron chi connectivity index (χ0n) is 7.22. The van der Waals surface area contributed by atoms with Gasteiger partial charge in [-0.25, -0.2) is 5.84 Å². The molecule has 0 saturated carbocycles. The largest absolute Gasteiger partial charge is 1.00 e. The molecular weight excluding hydrogens is 220 g/mol. The van der Waals surface area contributed by atoms with Crippen LogP contribution in [0.3, 0.4) is 0 Å². The minimum atomic E-state index is -2.85. The highest BCUT2D eigenvalue weighted by Gasteiger charge is 2.13. The van der Waals surface area contributed by atoms with Crippen LogP contribution in [-0.2, 0) is 7.05 Å². The SMILES string of the molecule is C[n+]1[nH]c(OC(F)F)cc1NNN.[Cl-]. The molecule has 0 radical (unpaired) electrons. The molecule has 0 fully saturated rings. The fraction of sp³-hybridized carbons (Fsp3) is 0.400. The van der Waals surface area contributed by atoms with Gasteiger partial charge < -0.3 is 17.1 Å². The number of nitrogens with two attached hydrogens (primary N) is 1. The lowest BCUT2D eigenvalue weighted by molar-refractivity contribution is -0.714. The van der Waals surface area contributed by atoms with Gasteiger partial charge >= 0.3 is 12.4 Å². The van der Waals surface area contributed by atoms with Crippen LogP contribution in [0.1, 0.15) is 0 Å². The van der Waals surface area contributed by atoms with Crippen LogP contribution in [0.15, 0.2) is 6.07 Å². The summed E-state index contributed by atoms with van der Waals surface area (Å²) in [5, 5.41) is 2.52. The Balaban J connectivity index is 0.00000169. The van der Waals surface area contributed by atoms with Gasteiger partial charge in [-0.3, -0.25) is 0 Å². The van der Waals surface area contributed by atoms with E-state index in [0.717, 1.165) is 0 Å². The van der Waals surface area contributed by atoms with Crippen molar-refractivity contribution in [1.29, 1.82) is 0 Å². The number of alkyl halides is 2. The molecule has 82 valence electrons. The molecule has 0 unspecified atom stereocenters. The molecule has 9 heteroatoms. The van der Waals surface area contributed by atoms with E-state index in [1.54, 1.807) is 7.05 Å². The van der Waals surface area contributed by atoms with Gasteiger partial charge in [0.2, 0.25) is 5.88 Å². The van der Waals surface area contributed by atoms with Crippen molar-refractivity contribution in [2.75, 3.05) is 5.43 Å². The van der Waals surface area contributed by atoms with Crippen LogP contribution < -0.4 is 38.6 Å². The fourth-order valence-corrected chi connectivity index (χ4v) is 0.829. The zero-order valence-corrected chi connectivity index (χ0v) is 7.98. The number of nitrogens with zero attached hydrogens (tertiary/aromatic N) is 1. The molecule has 14 heavy (non-hydrogen) atoms. The van der Waals surface area contributed by atoms with Crippen LogP contribution in [-0.4, -0.2) is 11.7 Å². The van der Waals surface area contributed by atoms with Crippen LogP contribution in [0.2, 0.25) is 0 Å². The molecule has 0 aliphatic rings. The number of hydrogen-bond donors (Lipinski definition) is 4. The minimum Gasteiger partial charge on any atom is -1.00 e. The Labute approximate surface area is 84.7 Å². The molecule has 6 nitrogen and oxygen atoms in total. The van der Waals surface area contributed by atoms with Crippen molar-refractivity contribution < 1.29 is 30.6 Å². The molecule has 0 saturated heterocycles. The van der Waals surface area contributed by atoms with Crippen molar-refractivity contribution in [2.45, 2.75) is 6.61 Å². The number of anilines is 1. The third kappa shape index (κ3) is 3.32. The van der Waals surface area contributed by atoms with Crippen LogP contribution in [0.4, 0.5) is 14.6 Å². The maximum absolute atomic E-state index is 11.7. The van der Waals surface area contributed by atoms with Gasteiger partial charge in [-0.2, -0.15) is 24.0 Å². The van der Waals surface area contributed by atoms with Gasteiger partial charge in [0.25, 0.3) is 0 Å². The summed E-state index contributed by atoms with van der Waals surface area (Å²) < 4.78 is 29.0. The number of aryl methyl sites for hydroxylation is 1. The fourth-order valence-electron chi connectivity index (χ4n) is 0.829. The Morgan fingerprint density at radius 3 is 2.79 bits per heavy atom. The third-order valence-electron chi connectivity index (χ3n) is 1.32. The Bertz CT molecular complexity index is 281. The number of hydrogen-bond acceptors (Lipinski definition) is 4. The van der Waals surface area contributed by atoms with E-state index in [0.29, 0.717) is 5.82 Å². The van der Waals surface area contributed by atoms with Gasteiger partial charge in [0.1, 0.15) is 7.05 Å². The van der Waals surface area contributed by atoms with Gasteiger partial charge in [-0.05, 0) is 0 Å². The molecule has 0 atom stereocenters. The number of aromatic nitrogens is 2. The first-order valence-electron chi connectivity index (χ1n) is 3.39. The van der Waals surface area contributed by atoms with Gasteiger partial charge in [-0.1, -0.05) is 5.53 Å². The average molecular weight is 230 g/mol.